The number of allylic oxidation sites excluding steroid dienone is 1. The maximum absolute atomic E-state index is 5.33. The molecular formula is C9H11NOS. The van der Waals surface area contributed by atoms with Crippen molar-refractivity contribution in [2.45, 2.75) is 12.5 Å². The predicted octanol–water partition coefficient (Wildman–Crippen LogP) is 1.08. The average molecular weight is 181 g/mol. The molecule has 0 radical (unpaired) electrons. The van der Waals surface area contributed by atoms with Crippen molar-refractivity contribution in [3.63, 3.8) is 0 Å². The van der Waals surface area contributed by atoms with Crippen molar-refractivity contribution >= 4 is 17.4 Å². The van der Waals surface area contributed by atoms with Crippen molar-refractivity contribution < 1.29 is 4.74 Å². The molecule has 0 amide bonds. The molecular weight excluding hydrogens is 170 g/mol. The van der Waals surface area contributed by atoms with E-state index in [1.165, 1.54) is 6.42 Å². The highest BCUT2D eigenvalue weighted by molar-refractivity contribution is 7.80. The number of rotatable bonds is 0. The third-order valence-electron chi connectivity index (χ3n) is 3.31. The van der Waals surface area contributed by atoms with Crippen molar-refractivity contribution in [2.24, 2.45) is 17.8 Å². The highest BCUT2D eigenvalue weighted by Gasteiger charge is 2.47. The fourth-order valence-electron chi connectivity index (χ4n) is 2.72. The molecule has 1 saturated carbocycles. The van der Waals surface area contributed by atoms with Gasteiger partial charge in [0.05, 0.1) is 6.61 Å². The Morgan fingerprint density at radius 1 is 1.42 bits per heavy atom. The maximum atomic E-state index is 5.33. The molecule has 2 bridgehead atoms. The molecule has 3 rings (SSSR count). The van der Waals surface area contributed by atoms with Crippen LogP contribution in [-0.4, -0.2) is 17.8 Å². The van der Waals surface area contributed by atoms with E-state index < -0.39 is 0 Å². The summed E-state index contributed by atoms with van der Waals surface area (Å²) in [6.45, 7) is 0.821. The van der Waals surface area contributed by atoms with Crippen LogP contribution in [0.15, 0.2) is 12.2 Å². The molecule has 64 valence electrons. The molecule has 12 heavy (non-hydrogen) atoms. The molecule has 0 spiro atoms. The predicted molar refractivity (Wildman–Crippen MR) is 49.7 cm³/mol. The average Bonchev–Trinajstić information content (AvgIpc) is 2.63. The molecule has 2 aliphatic carbocycles. The van der Waals surface area contributed by atoms with Gasteiger partial charge in [-0.05, 0) is 30.5 Å². The van der Waals surface area contributed by atoms with Gasteiger partial charge in [-0.25, -0.2) is 0 Å². The molecule has 1 N–H and O–H groups in total. The van der Waals surface area contributed by atoms with Gasteiger partial charge >= 0.3 is 0 Å². The van der Waals surface area contributed by atoms with Crippen LogP contribution in [0.4, 0.5) is 0 Å². The first-order valence-electron chi connectivity index (χ1n) is 4.46. The molecule has 4 atom stereocenters. The van der Waals surface area contributed by atoms with E-state index in [9.17, 15) is 0 Å². The van der Waals surface area contributed by atoms with Crippen molar-refractivity contribution in [3.05, 3.63) is 12.2 Å². The quantitative estimate of drug-likeness (QED) is 0.446. The van der Waals surface area contributed by atoms with E-state index in [2.05, 4.69) is 17.5 Å². The van der Waals surface area contributed by atoms with E-state index in [4.69, 9.17) is 17.0 Å². The summed E-state index contributed by atoms with van der Waals surface area (Å²) in [5, 5.41) is 3.86. The van der Waals surface area contributed by atoms with E-state index in [1.54, 1.807) is 0 Å². The van der Waals surface area contributed by atoms with Crippen LogP contribution in [-0.2, 0) is 4.74 Å². The van der Waals surface area contributed by atoms with Gasteiger partial charge in [0.15, 0.2) is 0 Å². The highest BCUT2D eigenvalue weighted by atomic mass is 32.1. The summed E-state index contributed by atoms with van der Waals surface area (Å²) in [5.41, 5.74) is 0. The lowest BCUT2D eigenvalue weighted by Crippen LogP contribution is -2.49. The molecule has 1 aliphatic heterocycles. The second-order valence-electron chi connectivity index (χ2n) is 3.88. The van der Waals surface area contributed by atoms with Gasteiger partial charge in [0.1, 0.15) is 0 Å². The lowest BCUT2D eigenvalue weighted by atomic mass is 9.89. The van der Waals surface area contributed by atoms with E-state index in [0.717, 1.165) is 12.5 Å². The lowest BCUT2D eigenvalue weighted by molar-refractivity contribution is 0.154. The molecule has 1 saturated heterocycles. The number of thiocarbonyl (C=S) groups is 1. The van der Waals surface area contributed by atoms with Gasteiger partial charge in [0.2, 0.25) is 0 Å². The Kier molecular flexibility index (Phi) is 1.28. The molecule has 3 heteroatoms. The number of hydrogen-bond donors (Lipinski definition) is 1. The summed E-state index contributed by atoms with van der Waals surface area (Å²) >= 11 is 4.99. The van der Waals surface area contributed by atoms with Gasteiger partial charge in [-0.2, -0.15) is 0 Å². The van der Waals surface area contributed by atoms with Gasteiger partial charge in [-0.1, -0.05) is 12.2 Å². The van der Waals surface area contributed by atoms with Crippen LogP contribution in [0.25, 0.3) is 0 Å². The molecule has 3 aliphatic rings. The molecule has 2 nitrogen and oxygen atoms in total. The highest BCUT2D eigenvalue weighted by Crippen LogP contribution is 2.44. The molecule has 2 fully saturated rings. The zero-order valence-electron chi connectivity index (χ0n) is 6.69. The maximum Gasteiger partial charge on any atom is 0.256 e. The fourth-order valence-corrected chi connectivity index (χ4v) is 2.92. The van der Waals surface area contributed by atoms with E-state index in [1.807, 2.05) is 0 Å². The van der Waals surface area contributed by atoms with Crippen LogP contribution < -0.4 is 5.32 Å². The third kappa shape index (κ3) is 0.774. The van der Waals surface area contributed by atoms with E-state index in [-0.39, 0.29) is 0 Å². The second kappa shape index (κ2) is 2.22. The molecule has 1 heterocycles. The normalized spacial score (nSPS) is 48.5. The van der Waals surface area contributed by atoms with Gasteiger partial charge in [0, 0.05) is 12.0 Å². The monoisotopic (exact) mass is 181 g/mol. The first-order chi connectivity index (χ1) is 5.84. The topological polar surface area (TPSA) is 21.3 Å². The summed E-state index contributed by atoms with van der Waals surface area (Å²) in [6, 6.07) is 0.571. The summed E-state index contributed by atoms with van der Waals surface area (Å²) in [5.74, 6) is 2.13. The molecule has 0 aromatic heterocycles. The Labute approximate surface area is 77.0 Å². The summed E-state index contributed by atoms with van der Waals surface area (Å²) in [4.78, 5) is 0. The largest absolute Gasteiger partial charge is 0.471 e. The Morgan fingerprint density at radius 2 is 2.25 bits per heavy atom. The van der Waals surface area contributed by atoms with Crippen LogP contribution in [0.3, 0.4) is 0 Å². The zero-order valence-corrected chi connectivity index (χ0v) is 7.51. The van der Waals surface area contributed by atoms with Gasteiger partial charge in [-0.15, -0.1) is 0 Å². The lowest BCUT2D eigenvalue weighted by Gasteiger charge is -2.34. The van der Waals surface area contributed by atoms with Crippen LogP contribution in [0.2, 0.25) is 0 Å². The van der Waals surface area contributed by atoms with Crippen LogP contribution >= 0.6 is 12.2 Å². The van der Waals surface area contributed by atoms with Crippen molar-refractivity contribution in [3.8, 4) is 0 Å². The summed E-state index contributed by atoms with van der Waals surface area (Å²) < 4.78 is 5.33. The molecule has 0 aromatic rings. The molecule has 0 aromatic carbocycles. The van der Waals surface area contributed by atoms with Gasteiger partial charge in [0.25, 0.3) is 5.17 Å². The fraction of sp³-hybridized carbons (Fsp3) is 0.667. The minimum absolute atomic E-state index is 0.571. The number of hydrogen-bond acceptors (Lipinski definition) is 2. The number of fused-ring (bicyclic) bond motifs is 5. The van der Waals surface area contributed by atoms with Crippen molar-refractivity contribution in [2.75, 3.05) is 6.61 Å². The van der Waals surface area contributed by atoms with E-state index >= 15 is 0 Å². The number of ether oxygens (including phenoxy) is 1. The van der Waals surface area contributed by atoms with Gasteiger partial charge in [-0.3, -0.25) is 0 Å². The standard InChI is InChI=1S/C9H11NOS/c12-9-10-8-6-2-1-5(3-6)7(8)4-11-9/h1-2,5-8H,3-4H2,(H,10,12). The first kappa shape index (κ1) is 6.89. The smallest absolute Gasteiger partial charge is 0.256 e. The van der Waals surface area contributed by atoms with Gasteiger partial charge < -0.3 is 10.1 Å². The van der Waals surface area contributed by atoms with Crippen LogP contribution in [0, 0.1) is 17.8 Å². The Bertz CT molecular complexity index is 263. The Morgan fingerprint density at radius 3 is 3.17 bits per heavy atom. The van der Waals surface area contributed by atoms with E-state index in [0.29, 0.717) is 23.1 Å². The number of nitrogens with one attached hydrogen (secondary N) is 1. The Balaban J connectivity index is 1.90. The first-order valence-corrected chi connectivity index (χ1v) is 4.87. The van der Waals surface area contributed by atoms with Crippen LogP contribution in [0.1, 0.15) is 6.42 Å². The summed E-state index contributed by atoms with van der Waals surface area (Å²) in [6.07, 6.45) is 5.96. The SMILES string of the molecule is S=C1NC2C3C=CC(C3)C2CO1. The minimum Gasteiger partial charge on any atom is -0.471 e. The zero-order chi connectivity index (χ0) is 8.13. The second-order valence-corrected chi connectivity index (χ2v) is 4.25. The van der Waals surface area contributed by atoms with Crippen molar-refractivity contribution in [1.82, 2.24) is 5.32 Å². The van der Waals surface area contributed by atoms with Crippen LogP contribution in [0.5, 0.6) is 0 Å². The summed E-state index contributed by atoms with van der Waals surface area (Å²) in [7, 11) is 0. The minimum atomic E-state index is 0.571. The third-order valence-corrected chi connectivity index (χ3v) is 3.55. The molecule has 4 unspecified atom stereocenters. The van der Waals surface area contributed by atoms with Crippen molar-refractivity contribution in [1.29, 1.82) is 0 Å². The Hall–Kier alpha value is -0.570.